The number of rotatable bonds is 16. The Labute approximate surface area is 319 Å². The minimum Gasteiger partial charge on any atom is -0.870 e. The van der Waals surface area contributed by atoms with Crippen LogP contribution in [0, 0.1) is 0 Å². The summed E-state index contributed by atoms with van der Waals surface area (Å²) in [6.07, 6.45) is 10.3. The predicted octanol–water partition coefficient (Wildman–Crippen LogP) is 7.75. The van der Waals surface area contributed by atoms with E-state index in [-0.39, 0.29) is 49.2 Å². The second kappa shape index (κ2) is 20.7. The van der Waals surface area contributed by atoms with E-state index < -0.39 is 41.5 Å². The molecule has 10 nitrogen and oxygen atoms in total. The summed E-state index contributed by atoms with van der Waals surface area (Å²) < 4.78 is 77.6. The summed E-state index contributed by atoms with van der Waals surface area (Å²) in [6, 6.07) is 21.8. The normalized spacial score (nSPS) is 11.2. The van der Waals surface area contributed by atoms with Crippen LogP contribution in [-0.4, -0.2) is 68.8 Å². The molecule has 0 radical (unpaired) electrons. The maximum Gasteiger partial charge on any atom is 2.00 e. The molecule has 13 heteroatoms. The average molecular weight is 739 g/mol. The van der Waals surface area contributed by atoms with Crippen LogP contribution in [0.3, 0.4) is 0 Å². The van der Waals surface area contributed by atoms with Crippen molar-refractivity contribution in [1.29, 1.82) is 0 Å². The first-order valence-corrected chi connectivity index (χ1v) is 18.8. The quantitative estimate of drug-likeness (QED) is 0.0657. The van der Waals surface area contributed by atoms with Crippen LogP contribution in [0.1, 0.15) is 76.3 Å². The molecular formula is C36H42CaO10S2. The van der Waals surface area contributed by atoms with Crippen LogP contribution < -0.4 is 14.6 Å². The zero-order valence-electron chi connectivity index (χ0n) is 27.8. The maximum absolute atomic E-state index is 12.0. The van der Waals surface area contributed by atoms with E-state index in [9.17, 15) is 36.2 Å². The van der Waals surface area contributed by atoms with Crippen LogP contribution in [0.5, 0.6) is 34.5 Å². The third-order valence-corrected chi connectivity index (χ3v) is 9.15. The third kappa shape index (κ3) is 13.4. The predicted molar refractivity (Wildman–Crippen MR) is 186 cm³/mol. The summed E-state index contributed by atoms with van der Waals surface area (Å²) in [4.78, 5) is -1.08. The molecule has 2 N–H and O–H groups in total. The van der Waals surface area contributed by atoms with Crippen LogP contribution in [-0.2, 0) is 33.1 Å². The molecule has 0 atom stereocenters. The minimum absolute atomic E-state index is 0. The van der Waals surface area contributed by atoms with Crippen LogP contribution in [0.4, 0.5) is 0 Å². The molecule has 0 aromatic heterocycles. The molecule has 0 aliphatic rings. The first-order valence-electron chi connectivity index (χ1n) is 15.9. The molecule has 260 valence electrons. The van der Waals surface area contributed by atoms with Gasteiger partial charge in [0.15, 0.2) is 11.5 Å². The number of phenolic OH excluding ortho intramolecular Hbond substituents is 1. The van der Waals surface area contributed by atoms with Gasteiger partial charge in [0, 0.05) is 0 Å². The molecule has 49 heavy (non-hydrogen) atoms. The summed E-state index contributed by atoms with van der Waals surface area (Å²) >= 11 is 0. The Morgan fingerprint density at radius 2 is 1.08 bits per heavy atom. The second-order valence-electron chi connectivity index (χ2n) is 11.2. The fourth-order valence-electron chi connectivity index (χ4n) is 4.93. The van der Waals surface area contributed by atoms with E-state index in [4.69, 9.17) is 9.47 Å². The van der Waals surface area contributed by atoms with Crippen molar-refractivity contribution in [3.63, 3.8) is 0 Å². The smallest absolute Gasteiger partial charge is 0.870 e. The number of ether oxygens (including phenoxy) is 2. The molecule has 0 fully saturated rings. The van der Waals surface area contributed by atoms with Crippen LogP contribution in [0.2, 0.25) is 0 Å². The van der Waals surface area contributed by atoms with Gasteiger partial charge in [-0.15, -0.1) is 0 Å². The van der Waals surface area contributed by atoms with E-state index in [1.807, 2.05) is 24.3 Å². The largest absolute Gasteiger partial charge is 2.00 e. The number of phenols is 1. The van der Waals surface area contributed by atoms with Crippen LogP contribution >= 0.6 is 0 Å². The molecule has 0 saturated carbocycles. The summed E-state index contributed by atoms with van der Waals surface area (Å²) in [5.41, 5.74) is 1.81. The van der Waals surface area contributed by atoms with Gasteiger partial charge in [0.1, 0.15) is 32.3 Å². The van der Waals surface area contributed by atoms with Crippen LogP contribution in [0.15, 0.2) is 94.7 Å². The van der Waals surface area contributed by atoms with Gasteiger partial charge in [-0.3, -0.25) is 4.55 Å². The number of benzene rings is 4. The van der Waals surface area contributed by atoms with Crippen molar-refractivity contribution in [3.8, 4) is 34.5 Å². The van der Waals surface area contributed by atoms with Crippen molar-refractivity contribution in [2.75, 3.05) is 0 Å². The van der Waals surface area contributed by atoms with E-state index >= 15 is 0 Å². The molecular weight excluding hydrogens is 697 g/mol. The van der Waals surface area contributed by atoms with Gasteiger partial charge < -0.3 is 24.2 Å². The number of unbranched alkanes of at least 4 members (excludes halogenated alkanes) is 6. The molecule has 0 heterocycles. The Bertz CT molecular complexity index is 1710. The van der Waals surface area contributed by atoms with Gasteiger partial charge in [-0.25, -0.2) is 8.42 Å². The Balaban J connectivity index is 0.000000333. The van der Waals surface area contributed by atoms with Crippen molar-refractivity contribution in [3.05, 3.63) is 96.1 Å². The number of aromatic hydroxyl groups is 1. The molecule has 0 aliphatic carbocycles. The van der Waals surface area contributed by atoms with E-state index in [1.54, 1.807) is 24.3 Å². The molecule has 0 unspecified atom stereocenters. The summed E-state index contributed by atoms with van der Waals surface area (Å²) in [5.74, 6) is -0.796. The van der Waals surface area contributed by atoms with Gasteiger partial charge in [0.25, 0.3) is 10.1 Å². The van der Waals surface area contributed by atoms with Crippen molar-refractivity contribution in [1.82, 2.24) is 0 Å². The fraction of sp³-hybridized carbons (Fsp3) is 0.333. The first kappa shape index (κ1) is 42.3. The number of hydrogen-bond donors (Lipinski definition) is 2. The Kier molecular flexibility index (Phi) is 17.9. The fourth-order valence-corrected chi connectivity index (χ4v) is 6.17. The van der Waals surface area contributed by atoms with Gasteiger partial charge in [0.05, 0.1) is 4.90 Å². The van der Waals surface area contributed by atoms with E-state index in [0.717, 1.165) is 81.4 Å². The minimum atomic E-state index is -4.79. The second-order valence-corrected chi connectivity index (χ2v) is 13.9. The van der Waals surface area contributed by atoms with Gasteiger partial charge in [-0.05, 0) is 67.1 Å². The maximum atomic E-state index is 12.0. The third-order valence-electron chi connectivity index (χ3n) is 7.42. The van der Waals surface area contributed by atoms with E-state index in [1.165, 1.54) is 30.3 Å². The SMILES string of the molecule is CCCCCCc1ccccc1Oc1c(O)cccc1S(=O)(=O)O.CCCCCCc1ccccc1Oc1c([O-])cccc1S(=O)(=O)[O-].[Ca+2]. The molecule has 4 rings (SSSR count). The van der Waals surface area contributed by atoms with Crippen LogP contribution in [0.25, 0.3) is 0 Å². The Morgan fingerprint density at radius 3 is 1.57 bits per heavy atom. The van der Waals surface area contributed by atoms with Gasteiger partial charge in [-0.2, -0.15) is 8.42 Å². The standard InChI is InChI=1S/2C18H22O5S.Ca/c2*1-2-3-4-5-9-14-10-6-7-12-16(14)23-18-15(19)11-8-13-17(18)24(20,21)22;/h2*6-8,10-13,19H,2-5,9H2,1H3,(H,20,21,22);/q;;+2/p-2. The van der Waals surface area contributed by atoms with Gasteiger partial charge in [-0.1, -0.05) is 113 Å². The monoisotopic (exact) mass is 738 g/mol. The molecule has 0 aliphatic heterocycles. The van der Waals surface area contributed by atoms with Gasteiger partial charge >= 0.3 is 37.7 Å². The number of hydrogen-bond acceptors (Lipinski definition) is 9. The topological polar surface area (TPSA) is 173 Å². The van der Waals surface area contributed by atoms with E-state index in [0.29, 0.717) is 11.5 Å². The molecule has 4 aromatic rings. The van der Waals surface area contributed by atoms with Crippen molar-refractivity contribution < 1.29 is 45.6 Å². The molecule has 0 bridgehead atoms. The van der Waals surface area contributed by atoms with Gasteiger partial charge in [0.2, 0.25) is 0 Å². The summed E-state index contributed by atoms with van der Waals surface area (Å²) in [6.45, 7) is 4.28. The zero-order valence-corrected chi connectivity index (χ0v) is 31.7. The number of para-hydroxylation sites is 4. The first-order chi connectivity index (χ1) is 22.9. The zero-order chi connectivity index (χ0) is 35.2. The van der Waals surface area contributed by atoms with Crippen molar-refractivity contribution in [2.24, 2.45) is 0 Å². The van der Waals surface area contributed by atoms with Crippen molar-refractivity contribution >= 4 is 58.0 Å². The Hall–Kier alpha value is -2.84. The average Bonchev–Trinajstić information content (AvgIpc) is 3.04. The molecule has 0 amide bonds. The molecule has 0 saturated heterocycles. The summed E-state index contributed by atoms with van der Waals surface area (Å²) in [7, 11) is -9.29. The Morgan fingerprint density at radius 1 is 0.612 bits per heavy atom. The molecule has 4 aromatic carbocycles. The van der Waals surface area contributed by atoms with Crippen molar-refractivity contribution in [2.45, 2.75) is 87.8 Å². The number of aryl methyl sites for hydroxylation is 2. The van der Waals surface area contributed by atoms with E-state index in [2.05, 4.69) is 13.8 Å². The molecule has 0 spiro atoms. The summed E-state index contributed by atoms with van der Waals surface area (Å²) in [5, 5.41) is 21.9.